The summed E-state index contributed by atoms with van der Waals surface area (Å²) < 4.78 is 5.43. The zero-order valence-electron chi connectivity index (χ0n) is 17.1. The van der Waals surface area contributed by atoms with Crippen molar-refractivity contribution in [1.29, 1.82) is 0 Å². The Kier molecular flexibility index (Phi) is 11.2. The van der Waals surface area contributed by atoms with Crippen LogP contribution in [0.1, 0.15) is 38.3 Å². The molecule has 155 valence electrons. The number of esters is 1. The van der Waals surface area contributed by atoms with E-state index in [0.717, 1.165) is 35.2 Å². The second-order valence-corrected chi connectivity index (χ2v) is 8.81. The maximum atomic E-state index is 12.3. The number of carbonyl (C=O) groups is 2. The molecule has 0 aromatic heterocycles. The molecule has 1 radical (unpaired) electrons. The quantitative estimate of drug-likeness (QED) is 0.218. The smallest absolute Gasteiger partial charge is 0.307 e. The molecule has 5 nitrogen and oxygen atoms in total. The summed E-state index contributed by atoms with van der Waals surface area (Å²) in [4.78, 5) is 25.3. The normalized spacial score (nSPS) is 12.4. The number of nitrogens with zero attached hydrogens (tertiary/aromatic N) is 1. The van der Waals surface area contributed by atoms with Crippen molar-refractivity contribution >= 4 is 52.8 Å². The van der Waals surface area contributed by atoms with Crippen LogP contribution in [0.5, 0.6) is 0 Å². The summed E-state index contributed by atoms with van der Waals surface area (Å²) in [7, 11) is 1.33. The van der Waals surface area contributed by atoms with Gasteiger partial charge in [-0.3, -0.25) is 4.79 Å². The Morgan fingerprint density at radius 3 is 2.68 bits per heavy atom. The number of hydrogen-bond donors (Lipinski definition) is 1. The zero-order valence-corrected chi connectivity index (χ0v) is 19.5. The molecule has 0 aliphatic carbocycles. The van der Waals surface area contributed by atoms with Gasteiger partial charge >= 0.3 is 5.97 Å². The minimum Gasteiger partial charge on any atom is -0.460 e. The number of ether oxygens (including phenoxy) is 1. The predicted molar refractivity (Wildman–Crippen MR) is 122 cm³/mol. The highest BCUT2D eigenvalue weighted by atomic mass is 79.9. The number of nitrogens with one attached hydrogen (secondary N) is 1. The molecular formula is C20H30BBrClN2O3. The number of rotatable bonds is 12. The Morgan fingerprint density at radius 1 is 1.39 bits per heavy atom. The Hall–Kier alpha value is -1.05. The molecule has 1 N–H and O–H groups in total. The highest BCUT2D eigenvalue weighted by Crippen LogP contribution is 2.22. The lowest BCUT2D eigenvalue weighted by Gasteiger charge is -2.26. The molecule has 0 fully saturated rings. The van der Waals surface area contributed by atoms with E-state index in [1.807, 2.05) is 27.7 Å². The standard InChI is InChI=1S/C20H30BBrClN2O3/c1-15-5-6-18(25(9-7-22)10-8-23)12-16(15)11-17(24-21-14-26)13-19(27)28-20(2,3)4/h5-6,12,14,17,24H,7-11,13H2,1-4H3/t17-/m1/s1. The Labute approximate surface area is 182 Å². The number of anilines is 1. The summed E-state index contributed by atoms with van der Waals surface area (Å²) in [6.07, 6.45) is 1.47. The molecule has 1 atom stereocenters. The van der Waals surface area contributed by atoms with Gasteiger partial charge in [-0.25, -0.2) is 0 Å². The van der Waals surface area contributed by atoms with Crippen LogP contribution in [-0.2, 0) is 20.7 Å². The van der Waals surface area contributed by atoms with Gasteiger partial charge in [0.15, 0.2) is 0 Å². The molecule has 0 saturated carbocycles. The average Bonchev–Trinajstić information content (AvgIpc) is 2.59. The maximum absolute atomic E-state index is 12.3. The third kappa shape index (κ3) is 9.44. The van der Waals surface area contributed by atoms with E-state index in [1.165, 1.54) is 7.41 Å². The minimum atomic E-state index is -0.538. The first kappa shape index (κ1) is 25.0. The summed E-state index contributed by atoms with van der Waals surface area (Å²) in [5, 5.41) is 3.88. The SMILES string of the molecule is Cc1ccc(N(CCCl)CCBr)cc1C[C@H](CC(=O)OC(C)(C)C)N[B]C=O. The second kappa shape index (κ2) is 12.5. The monoisotopic (exact) mass is 471 g/mol. The maximum Gasteiger partial charge on any atom is 0.307 e. The largest absolute Gasteiger partial charge is 0.460 e. The van der Waals surface area contributed by atoms with Crippen molar-refractivity contribution in [3.63, 3.8) is 0 Å². The van der Waals surface area contributed by atoms with Crippen molar-refractivity contribution in [2.24, 2.45) is 0 Å². The number of halogens is 2. The van der Waals surface area contributed by atoms with Crippen molar-refractivity contribution < 1.29 is 14.3 Å². The lowest BCUT2D eigenvalue weighted by molar-refractivity contribution is -0.155. The molecule has 1 aromatic rings. The number of alkyl halides is 2. The first-order chi connectivity index (χ1) is 13.2. The summed E-state index contributed by atoms with van der Waals surface area (Å²) in [6.45, 7) is 9.18. The van der Waals surface area contributed by atoms with Gasteiger partial charge in [-0.1, -0.05) is 22.0 Å². The molecule has 0 amide bonds. The Balaban J connectivity index is 2.98. The number of carbonyl (C=O) groups excluding carboxylic acids is 2. The van der Waals surface area contributed by atoms with Crippen molar-refractivity contribution in [3.8, 4) is 0 Å². The predicted octanol–water partition coefficient (Wildman–Crippen LogP) is 3.48. The highest BCUT2D eigenvalue weighted by molar-refractivity contribution is 9.09. The van der Waals surface area contributed by atoms with Crippen molar-refractivity contribution in [2.75, 3.05) is 29.2 Å². The molecule has 0 aliphatic rings. The third-order valence-corrected chi connectivity index (χ3v) is 4.63. The van der Waals surface area contributed by atoms with Crippen molar-refractivity contribution in [2.45, 2.75) is 52.2 Å². The summed E-state index contributed by atoms with van der Waals surface area (Å²) >= 11 is 9.44. The molecule has 0 aliphatic heterocycles. The molecule has 0 heterocycles. The number of aryl methyl sites for hydroxylation is 1. The van der Waals surface area contributed by atoms with Gasteiger partial charge in [-0.2, -0.15) is 0 Å². The molecule has 0 spiro atoms. The van der Waals surface area contributed by atoms with E-state index in [-0.39, 0.29) is 18.4 Å². The molecule has 1 rings (SSSR count). The number of benzene rings is 1. The molecule has 0 unspecified atom stereocenters. The van der Waals surface area contributed by atoms with Gasteiger partial charge in [0.1, 0.15) is 5.60 Å². The fraction of sp³-hybridized carbons (Fsp3) is 0.600. The van der Waals surface area contributed by atoms with Crippen molar-refractivity contribution in [1.82, 2.24) is 5.23 Å². The Bertz CT molecular complexity index is 634. The summed E-state index contributed by atoms with van der Waals surface area (Å²) in [6, 6.07) is 6.07. The van der Waals surface area contributed by atoms with Gasteiger partial charge < -0.3 is 19.7 Å². The van der Waals surface area contributed by atoms with E-state index < -0.39 is 5.60 Å². The van der Waals surface area contributed by atoms with Crippen LogP contribution in [0, 0.1) is 6.92 Å². The van der Waals surface area contributed by atoms with Crippen LogP contribution in [0.4, 0.5) is 5.69 Å². The van der Waals surface area contributed by atoms with Crippen molar-refractivity contribution in [3.05, 3.63) is 29.3 Å². The van der Waals surface area contributed by atoms with E-state index in [2.05, 4.69) is 44.3 Å². The molecule has 0 saturated heterocycles. The Morgan fingerprint density at radius 2 is 2.11 bits per heavy atom. The van der Waals surface area contributed by atoms with E-state index in [4.69, 9.17) is 16.3 Å². The number of hydrogen-bond acceptors (Lipinski definition) is 5. The van der Waals surface area contributed by atoms with Gasteiger partial charge in [0.25, 0.3) is 7.41 Å². The van der Waals surface area contributed by atoms with E-state index in [1.54, 1.807) is 0 Å². The van der Waals surface area contributed by atoms with Crippen LogP contribution in [0.25, 0.3) is 0 Å². The minimum absolute atomic E-state index is 0.179. The zero-order chi connectivity index (χ0) is 21.2. The van der Waals surface area contributed by atoms with Crippen LogP contribution in [0.15, 0.2) is 18.2 Å². The van der Waals surface area contributed by atoms with Gasteiger partial charge in [0.2, 0.25) is 0 Å². The molecule has 8 heteroatoms. The summed E-state index contributed by atoms with van der Waals surface area (Å²) in [5.41, 5.74) is 2.81. The highest BCUT2D eigenvalue weighted by Gasteiger charge is 2.21. The van der Waals surface area contributed by atoms with Crippen LogP contribution in [0.3, 0.4) is 0 Å². The third-order valence-electron chi connectivity index (χ3n) is 4.11. The molecule has 28 heavy (non-hydrogen) atoms. The molecule has 0 bridgehead atoms. The van der Waals surface area contributed by atoms with E-state index in [0.29, 0.717) is 18.5 Å². The van der Waals surface area contributed by atoms with E-state index in [9.17, 15) is 9.59 Å². The van der Waals surface area contributed by atoms with Gasteiger partial charge in [-0.15, -0.1) is 11.6 Å². The van der Waals surface area contributed by atoms with Crippen LogP contribution >= 0.6 is 27.5 Å². The molecule has 1 aromatic carbocycles. The van der Waals surface area contributed by atoms with Gasteiger partial charge in [0, 0.05) is 36.0 Å². The van der Waals surface area contributed by atoms with E-state index >= 15 is 0 Å². The topological polar surface area (TPSA) is 58.6 Å². The van der Waals surface area contributed by atoms with Crippen LogP contribution in [0.2, 0.25) is 0 Å². The first-order valence-electron chi connectivity index (χ1n) is 9.41. The summed E-state index contributed by atoms with van der Waals surface area (Å²) in [5.74, 6) is 0.258. The lowest BCUT2D eigenvalue weighted by Crippen LogP contribution is -2.38. The average molecular weight is 473 g/mol. The fourth-order valence-electron chi connectivity index (χ4n) is 2.86. The molecular weight excluding hydrogens is 442 g/mol. The van der Waals surface area contributed by atoms with Gasteiger partial charge in [-0.05, 0) is 57.4 Å². The fourth-order valence-corrected chi connectivity index (χ4v) is 3.50. The van der Waals surface area contributed by atoms with Crippen LogP contribution < -0.4 is 10.1 Å². The van der Waals surface area contributed by atoms with Gasteiger partial charge in [0.05, 0.1) is 12.6 Å². The second-order valence-electron chi connectivity index (χ2n) is 7.64. The van der Waals surface area contributed by atoms with Crippen LogP contribution in [-0.4, -0.2) is 55.5 Å². The lowest BCUT2D eigenvalue weighted by atomic mass is 9.91. The first-order valence-corrected chi connectivity index (χ1v) is 11.1.